The predicted octanol–water partition coefficient (Wildman–Crippen LogP) is 3.38. The first kappa shape index (κ1) is 17.2. The molecule has 26 heavy (non-hydrogen) atoms. The third kappa shape index (κ3) is 3.24. The Balaban J connectivity index is 1.50. The molecule has 0 atom stereocenters. The number of aryl methyl sites for hydroxylation is 1. The van der Waals surface area contributed by atoms with Crippen molar-refractivity contribution in [1.82, 2.24) is 14.9 Å². The van der Waals surface area contributed by atoms with Crippen LogP contribution in [0.15, 0.2) is 33.8 Å². The molecule has 3 aromatic rings. The van der Waals surface area contributed by atoms with E-state index in [1.807, 2.05) is 22.9 Å². The van der Waals surface area contributed by atoms with Gasteiger partial charge in [0, 0.05) is 18.1 Å². The number of hydrogen-bond donors (Lipinski definition) is 1. The molecule has 1 N–H and O–H groups in total. The van der Waals surface area contributed by atoms with Gasteiger partial charge in [-0.05, 0) is 48.8 Å². The molecule has 3 heterocycles. The molecule has 3 aromatic heterocycles. The molecule has 0 aliphatic heterocycles. The summed E-state index contributed by atoms with van der Waals surface area (Å²) in [6, 6.07) is 5.81. The SMILES string of the molecule is Cn1c2c(cc(C(=O)NCc3csc(-c4cccs4)n3)c1=O)CCCC2. The van der Waals surface area contributed by atoms with Crippen molar-refractivity contribution in [2.45, 2.75) is 32.2 Å². The fourth-order valence-corrected chi connectivity index (χ4v) is 4.95. The number of nitrogens with one attached hydrogen (secondary N) is 1. The summed E-state index contributed by atoms with van der Waals surface area (Å²) in [5.41, 5.74) is 3.00. The normalized spacial score (nSPS) is 13.4. The highest BCUT2D eigenvalue weighted by atomic mass is 32.1. The lowest BCUT2D eigenvalue weighted by molar-refractivity contribution is 0.0948. The van der Waals surface area contributed by atoms with E-state index in [4.69, 9.17) is 0 Å². The van der Waals surface area contributed by atoms with E-state index in [1.54, 1.807) is 40.4 Å². The highest BCUT2D eigenvalue weighted by Gasteiger charge is 2.19. The Hall–Kier alpha value is -2.25. The second-order valence-corrected chi connectivity index (χ2v) is 8.21. The minimum Gasteiger partial charge on any atom is -0.346 e. The molecule has 5 nitrogen and oxygen atoms in total. The van der Waals surface area contributed by atoms with E-state index in [0.717, 1.165) is 52.5 Å². The number of amides is 1. The predicted molar refractivity (Wildman–Crippen MR) is 105 cm³/mol. The number of fused-ring (bicyclic) bond motifs is 1. The van der Waals surface area contributed by atoms with Crippen molar-refractivity contribution in [1.29, 1.82) is 0 Å². The number of thiazole rings is 1. The monoisotopic (exact) mass is 385 g/mol. The largest absolute Gasteiger partial charge is 0.346 e. The Morgan fingerprint density at radius 2 is 2.15 bits per heavy atom. The Kier molecular flexibility index (Phi) is 4.74. The van der Waals surface area contributed by atoms with Gasteiger partial charge in [0.1, 0.15) is 10.6 Å². The number of nitrogens with zero attached hydrogens (tertiary/aromatic N) is 2. The smallest absolute Gasteiger partial charge is 0.263 e. The summed E-state index contributed by atoms with van der Waals surface area (Å²) in [7, 11) is 1.76. The van der Waals surface area contributed by atoms with Gasteiger partial charge < -0.3 is 9.88 Å². The number of pyridine rings is 1. The van der Waals surface area contributed by atoms with Gasteiger partial charge >= 0.3 is 0 Å². The van der Waals surface area contributed by atoms with Crippen molar-refractivity contribution < 1.29 is 4.79 Å². The summed E-state index contributed by atoms with van der Waals surface area (Å²) in [4.78, 5) is 30.8. The first-order valence-electron chi connectivity index (χ1n) is 8.62. The molecule has 0 fully saturated rings. The summed E-state index contributed by atoms with van der Waals surface area (Å²) < 4.78 is 1.64. The molecular weight excluding hydrogens is 366 g/mol. The molecule has 0 saturated carbocycles. The molecule has 1 amide bonds. The van der Waals surface area contributed by atoms with Crippen molar-refractivity contribution in [3.63, 3.8) is 0 Å². The zero-order valence-electron chi connectivity index (χ0n) is 14.4. The molecule has 1 aliphatic rings. The van der Waals surface area contributed by atoms with Gasteiger partial charge in [-0.15, -0.1) is 22.7 Å². The van der Waals surface area contributed by atoms with Gasteiger partial charge in [-0.3, -0.25) is 9.59 Å². The number of aromatic nitrogens is 2. The van der Waals surface area contributed by atoms with Crippen molar-refractivity contribution in [2.75, 3.05) is 0 Å². The van der Waals surface area contributed by atoms with Gasteiger partial charge in [-0.1, -0.05) is 6.07 Å². The first-order valence-corrected chi connectivity index (χ1v) is 10.4. The van der Waals surface area contributed by atoms with Gasteiger partial charge in [0.25, 0.3) is 11.5 Å². The van der Waals surface area contributed by atoms with Crippen LogP contribution in [0.25, 0.3) is 9.88 Å². The highest BCUT2D eigenvalue weighted by Crippen LogP contribution is 2.27. The molecule has 0 saturated heterocycles. The van der Waals surface area contributed by atoms with Crippen LogP contribution in [0.2, 0.25) is 0 Å². The molecule has 0 radical (unpaired) electrons. The van der Waals surface area contributed by atoms with E-state index >= 15 is 0 Å². The maximum absolute atomic E-state index is 12.6. The molecule has 0 aromatic carbocycles. The van der Waals surface area contributed by atoms with Crippen LogP contribution in [-0.2, 0) is 26.4 Å². The number of rotatable bonds is 4. The maximum atomic E-state index is 12.6. The van der Waals surface area contributed by atoms with E-state index in [1.165, 1.54) is 0 Å². The standard InChI is InChI=1S/C19H19N3O2S2/c1-22-15-6-3-2-5-12(15)9-14(19(22)24)17(23)20-10-13-11-26-18(21-13)16-7-4-8-25-16/h4,7-9,11H,2-3,5-6,10H2,1H3,(H,20,23). The van der Waals surface area contributed by atoms with Crippen LogP contribution in [0.5, 0.6) is 0 Å². The molecule has 7 heteroatoms. The second-order valence-electron chi connectivity index (χ2n) is 6.41. The second kappa shape index (κ2) is 7.17. The summed E-state index contributed by atoms with van der Waals surface area (Å²) in [6.45, 7) is 0.320. The summed E-state index contributed by atoms with van der Waals surface area (Å²) in [6.07, 6.45) is 4.05. The Morgan fingerprint density at radius 3 is 2.96 bits per heavy atom. The van der Waals surface area contributed by atoms with E-state index in [-0.39, 0.29) is 17.0 Å². The van der Waals surface area contributed by atoms with Crippen LogP contribution in [0.3, 0.4) is 0 Å². The molecule has 1 aliphatic carbocycles. The minimum absolute atomic E-state index is 0.222. The van der Waals surface area contributed by atoms with E-state index in [2.05, 4.69) is 10.3 Å². The molecule has 0 bridgehead atoms. The molecule has 4 rings (SSSR count). The highest BCUT2D eigenvalue weighted by molar-refractivity contribution is 7.20. The van der Waals surface area contributed by atoms with Crippen LogP contribution >= 0.6 is 22.7 Å². The summed E-state index contributed by atoms with van der Waals surface area (Å²) >= 11 is 3.20. The van der Waals surface area contributed by atoms with Gasteiger partial charge in [0.2, 0.25) is 0 Å². The number of carbonyl (C=O) groups is 1. The van der Waals surface area contributed by atoms with Crippen molar-refractivity contribution in [3.05, 3.63) is 61.8 Å². The minimum atomic E-state index is -0.329. The van der Waals surface area contributed by atoms with Crippen LogP contribution in [-0.4, -0.2) is 15.5 Å². The Morgan fingerprint density at radius 1 is 1.31 bits per heavy atom. The third-order valence-electron chi connectivity index (χ3n) is 4.70. The van der Waals surface area contributed by atoms with Gasteiger partial charge in [0.05, 0.1) is 17.1 Å². The van der Waals surface area contributed by atoms with Crippen molar-refractivity contribution in [2.24, 2.45) is 7.05 Å². The summed E-state index contributed by atoms with van der Waals surface area (Å²) in [5.74, 6) is -0.329. The molecule has 0 spiro atoms. The number of hydrogen-bond acceptors (Lipinski definition) is 5. The van der Waals surface area contributed by atoms with Crippen molar-refractivity contribution >= 4 is 28.6 Å². The lowest BCUT2D eigenvalue weighted by Gasteiger charge is -2.19. The Bertz CT molecular complexity index is 1000. The lowest BCUT2D eigenvalue weighted by atomic mass is 9.94. The molecule has 134 valence electrons. The quantitative estimate of drug-likeness (QED) is 0.749. The number of carbonyl (C=O) groups excluding carboxylic acids is 1. The topological polar surface area (TPSA) is 64.0 Å². The average Bonchev–Trinajstić information content (AvgIpc) is 3.34. The van der Waals surface area contributed by atoms with E-state index in [9.17, 15) is 9.59 Å². The Labute approximate surface area is 159 Å². The zero-order chi connectivity index (χ0) is 18.1. The molecular formula is C19H19N3O2S2. The van der Waals surface area contributed by atoms with Crippen LogP contribution in [0.1, 0.15) is 40.2 Å². The average molecular weight is 386 g/mol. The lowest BCUT2D eigenvalue weighted by Crippen LogP contribution is -2.34. The summed E-state index contributed by atoms with van der Waals surface area (Å²) in [5, 5.41) is 7.76. The van der Waals surface area contributed by atoms with Crippen LogP contribution in [0.4, 0.5) is 0 Å². The fraction of sp³-hybridized carbons (Fsp3) is 0.316. The van der Waals surface area contributed by atoms with Crippen molar-refractivity contribution in [3.8, 4) is 9.88 Å². The fourth-order valence-electron chi connectivity index (χ4n) is 3.32. The zero-order valence-corrected chi connectivity index (χ0v) is 16.1. The van der Waals surface area contributed by atoms with Crippen LogP contribution in [0, 0.1) is 0 Å². The number of thiophene rings is 1. The van der Waals surface area contributed by atoms with Gasteiger partial charge in [0.15, 0.2) is 0 Å². The van der Waals surface area contributed by atoms with Crippen LogP contribution < -0.4 is 10.9 Å². The van der Waals surface area contributed by atoms with E-state index in [0.29, 0.717) is 6.54 Å². The van der Waals surface area contributed by atoms with Gasteiger partial charge in [-0.25, -0.2) is 4.98 Å². The maximum Gasteiger partial charge on any atom is 0.263 e. The third-order valence-corrected chi connectivity index (χ3v) is 6.63. The molecule has 0 unspecified atom stereocenters. The van der Waals surface area contributed by atoms with Gasteiger partial charge in [-0.2, -0.15) is 0 Å². The van der Waals surface area contributed by atoms with E-state index < -0.39 is 0 Å². The first-order chi connectivity index (χ1) is 12.6.